The van der Waals surface area contributed by atoms with Crippen LogP contribution in [0.5, 0.6) is 0 Å². The van der Waals surface area contributed by atoms with Crippen LogP contribution in [0.25, 0.3) is 10.9 Å². The zero-order valence-electron chi connectivity index (χ0n) is 15.0. The number of nitrogens with zero attached hydrogens (tertiary/aromatic N) is 2. The van der Waals surface area contributed by atoms with E-state index in [2.05, 4.69) is 11.9 Å². The van der Waals surface area contributed by atoms with E-state index in [1.807, 2.05) is 43.0 Å². The number of unbranched alkanes of at least 4 members (excludes halogenated alkanes) is 2. The zero-order chi connectivity index (χ0) is 17.5. The molecule has 0 aliphatic rings. The van der Waals surface area contributed by atoms with Crippen LogP contribution in [0.4, 0.5) is 0 Å². The van der Waals surface area contributed by atoms with E-state index < -0.39 is 0 Å². The molecule has 4 nitrogen and oxygen atoms in total. The molecule has 2 rings (SSSR count). The molecule has 0 spiro atoms. The van der Waals surface area contributed by atoms with Crippen molar-refractivity contribution < 1.29 is 9.90 Å². The van der Waals surface area contributed by atoms with E-state index >= 15 is 0 Å². The van der Waals surface area contributed by atoms with E-state index in [1.165, 1.54) is 0 Å². The van der Waals surface area contributed by atoms with Gasteiger partial charge in [-0.25, -0.2) is 0 Å². The van der Waals surface area contributed by atoms with Gasteiger partial charge in [0.1, 0.15) is 0 Å². The number of carbonyl (C=O) groups excluding carboxylic acids is 1. The van der Waals surface area contributed by atoms with Crippen molar-refractivity contribution in [3.8, 4) is 0 Å². The smallest absolute Gasteiger partial charge is 0.254 e. The molecule has 1 amide bonds. The Hall–Kier alpha value is -1.94. The molecule has 0 radical (unpaired) electrons. The summed E-state index contributed by atoms with van der Waals surface area (Å²) in [5.41, 5.74) is 3.62. The summed E-state index contributed by atoms with van der Waals surface area (Å²) < 4.78 is 0. The SMILES string of the molecule is CCCCN(CCCCO)C(=O)c1cc(C)nc2cc(C)ccc12. The van der Waals surface area contributed by atoms with Crippen LogP contribution < -0.4 is 0 Å². The van der Waals surface area contributed by atoms with Crippen LogP contribution >= 0.6 is 0 Å². The summed E-state index contributed by atoms with van der Waals surface area (Å²) in [5.74, 6) is 0.0701. The van der Waals surface area contributed by atoms with Crippen LogP contribution in [0.2, 0.25) is 0 Å². The van der Waals surface area contributed by atoms with Crippen molar-refractivity contribution in [3.63, 3.8) is 0 Å². The van der Waals surface area contributed by atoms with Crippen molar-refractivity contribution in [1.29, 1.82) is 0 Å². The number of hydrogen-bond acceptors (Lipinski definition) is 3. The average molecular weight is 328 g/mol. The molecule has 1 aromatic carbocycles. The van der Waals surface area contributed by atoms with Gasteiger partial charge in [0.2, 0.25) is 0 Å². The lowest BCUT2D eigenvalue weighted by molar-refractivity contribution is 0.0749. The van der Waals surface area contributed by atoms with Gasteiger partial charge in [-0.05, 0) is 50.8 Å². The molecule has 1 aromatic heterocycles. The van der Waals surface area contributed by atoms with E-state index in [1.54, 1.807) is 0 Å². The van der Waals surface area contributed by atoms with Gasteiger partial charge in [0.05, 0.1) is 11.1 Å². The Morgan fingerprint density at radius 1 is 1.12 bits per heavy atom. The number of benzene rings is 1. The minimum absolute atomic E-state index is 0.0701. The molecule has 24 heavy (non-hydrogen) atoms. The number of aromatic nitrogens is 1. The molecule has 1 heterocycles. The van der Waals surface area contributed by atoms with E-state index in [0.29, 0.717) is 6.54 Å². The first kappa shape index (κ1) is 18.4. The highest BCUT2D eigenvalue weighted by Gasteiger charge is 2.18. The number of aliphatic hydroxyl groups excluding tert-OH is 1. The van der Waals surface area contributed by atoms with E-state index in [9.17, 15) is 4.79 Å². The first-order chi connectivity index (χ1) is 11.6. The molecule has 0 unspecified atom stereocenters. The fourth-order valence-electron chi connectivity index (χ4n) is 2.90. The lowest BCUT2D eigenvalue weighted by Gasteiger charge is -2.23. The molecule has 130 valence electrons. The van der Waals surface area contributed by atoms with Gasteiger partial charge in [0, 0.05) is 30.8 Å². The van der Waals surface area contributed by atoms with Gasteiger partial charge in [-0.3, -0.25) is 9.78 Å². The second-order valence-electron chi connectivity index (χ2n) is 6.41. The van der Waals surface area contributed by atoms with Gasteiger partial charge in [0.15, 0.2) is 0 Å². The molecule has 0 aliphatic carbocycles. The van der Waals surface area contributed by atoms with Crippen molar-refractivity contribution in [2.75, 3.05) is 19.7 Å². The Morgan fingerprint density at radius 2 is 1.88 bits per heavy atom. The predicted octanol–water partition coefficient (Wildman–Crippen LogP) is 3.87. The number of carbonyl (C=O) groups is 1. The number of rotatable bonds is 8. The second-order valence-corrected chi connectivity index (χ2v) is 6.41. The third-order valence-electron chi connectivity index (χ3n) is 4.23. The number of pyridine rings is 1. The molecule has 4 heteroatoms. The summed E-state index contributed by atoms with van der Waals surface area (Å²) in [6, 6.07) is 7.95. The first-order valence-corrected chi connectivity index (χ1v) is 8.85. The fraction of sp³-hybridized carbons (Fsp3) is 0.500. The predicted molar refractivity (Wildman–Crippen MR) is 98.3 cm³/mol. The van der Waals surface area contributed by atoms with Gasteiger partial charge in [0.25, 0.3) is 5.91 Å². The van der Waals surface area contributed by atoms with Crippen molar-refractivity contribution >= 4 is 16.8 Å². The highest BCUT2D eigenvalue weighted by molar-refractivity contribution is 6.06. The lowest BCUT2D eigenvalue weighted by Crippen LogP contribution is -2.33. The number of fused-ring (bicyclic) bond motifs is 1. The molecule has 0 saturated heterocycles. The van der Waals surface area contributed by atoms with Crippen molar-refractivity contribution in [1.82, 2.24) is 9.88 Å². The average Bonchev–Trinajstić information content (AvgIpc) is 2.56. The zero-order valence-corrected chi connectivity index (χ0v) is 15.0. The molecule has 0 fully saturated rings. The highest BCUT2D eigenvalue weighted by Crippen LogP contribution is 2.22. The Labute approximate surface area is 144 Å². The van der Waals surface area contributed by atoms with Gasteiger partial charge in [-0.15, -0.1) is 0 Å². The largest absolute Gasteiger partial charge is 0.396 e. The molecule has 0 atom stereocenters. The topological polar surface area (TPSA) is 53.4 Å². The molecule has 2 aromatic rings. The maximum Gasteiger partial charge on any atom is 0.254 e. The van der Waals surface area contributed by atoms with Crippen LogP contribution in [0.1, 0.15) is 54.2 Å². The Kier molecular flexibility index (Phi) is 6.73. The first-order valence-electron chi connectivity index (χ1n) is 8.85. The monoisotopic (exact) mass is 328 g/mol. The summed E-state index contributed by atoms with van der Waals surface area (Å²) in [5, 5.41) is 9.92. The molecule has 0 aliphatic heterocycles. The van der Waals surface area contributed by atoms with Crippen molar-refractivity contribution in [2.24, 2.45) is 0 Å². The summed E-state index contributed by atoms with van der Waals surface area (Å²) in [6.45, 7) is 7.72. The molecular formula is C20H28N2O2. The van der Waals surface area contributed by atoms with Gasteiger partial charge < -0.3 is 10.0 Å². The number of amides is 1. The molecule has 0 saturated carbocycles. The summed E-state index contributed by atoms with van der Waals surface area (Å²) in [6.07, 6.45) is 3.60. The minimum atomic E-state index is 0.0701. The Balaban J connectivity index is 2.35. The maximum atomic E-state index is 13.1. The maximum absolute atomic E-state index is 13.1. The number of hydrogen-bond donors (Lipinski definition) is 1. The number of aliphatic hydroxyl groups is 1. The van der Waals surface area contributed by atoms with Crippen LogP contribution in [-0.2, 0) is 0 Å². The minimum Gasteiger partial charge on any atom is -0.396 e. The van der Waals surface area contributed by atoms with E-state index in [0.717, 1.165) is 60.0 Å². The lowest BCUT2D eigenvalue weighted by atomic mass is 10.0. The van der Waals surface area contributed by atoms with Gasteiger partial charge in [-0.2, -0.15) is 0 Å². The molecule has 0 bridgehead atoms. The Morgan fingerprint density at radius 3 is 2.58 bits per heavy atom. The van der Waals surface area contributed by atoms with E-state index in [-0.39, 0.29) is 12.5 Å². The van der Waals surface area contributed by atoms with Crippen LogP contribution in [0, 0.1) is 13.8 Å². The highest BCUT2D eigenvalue weighted by atomic mass is 16.3. The normalized spacial score (nSPS) is 11.0. The molecular weight excluding hydrogens is 300 g/mol. The Bertz CT molecular complexity index is 692. The number of aryl methyl sites for hydroxylation is 2. The second kappa shape index (κ2) is 8.78. The summed E-state index contributed by atoms with van der Waals surface area (Å²) >= 11 is 0. The quantitative estimate of drug-likeness (QED) is 0.749. The standard InChI is InChI=1S/C20H28N2O2/c1-4-5-10-22(11-6-7-12-23)20(24)18-14-16(3)21-19-13-15(2)8-9-17(18)19/h8-9,13-14,23H,4-7,10-12H2,1-3H3. The third-order valence-corrected chi connectivity index (χ3v) is 4.23. The summed E-state index contributed by atoms with van der Waals surface area (Å²) in [4.78, 5) is 19.6. The third kappa shape index (κ3) is 4.54. The van der Waals surface area contributed by atoms with Crippen LogP contribution in [0.15, 0.2) is 24.3 Å². The van der Waals surface area contributed by atoms with Gasteiger partial charge in [-0.1, -0.05) is 25.5 Å². The fourth-order valence-corrected chi connectivity index (χ4v) is 2.90. The van der Waals surface area contributed by atoms with Crippen LogP contribution in [0.3, 0.4) is 0 Å². The van der Waals surface area contributed by atoms with Crippen LogP contribution in [-0.4, -0.2) is 40.6 Å². The van der Waals surface area contributed by atoms with Gasteiger partial charge >= 0.3 is 0 Å². The molecule has 1 N–H and O–H groups in total. The summed E-state index contributed by atoms with van der Waals surface area (Å²) in [7, 11) is 0. The van der Waals surface area contributed by atoms with Crippen molar-refractivity contribution in [2.45, 2.75) is 46.5 Å². The van der Waals surface area contributed by atoms with Crippen molar-refractivity contribution in [3.05, 3.63) is 41.1 Å². The van der Waals surface area contributed by atoms with E-state index in [4.69, 9.17) is 5.11 Å².